The lowest BCUT2D eigenvalue weighted by molar-refractivity contribution is 0.0702. The maximum atomic E-state index is 11.0. The molecule has 1 atom stereocenters. The van der Waals surface area contributed by atoms with E-state index in [2.05, 4.69) is 4.90 Å². The Morgan fingerprint density at radius 2 is 2.00 bits per heavy atom. The van der Waals surface area contributed by atoms with Crippen molar-refractivity contribution in [3.63, 3.8) is 0 Å². The Morgan fingerprint density at radius 1 is 1.22 bits per heavy atom. The molecule has 0 aromatic carbocycles. The lowest BCUT2D eigenvalue weighted by Crippen LogP contribution is -2.33. The molecular formula is C14H19NO2S. The molecule has 0 radical (unpaired) electrons. The molecule has 0 bridgehead atoms. The van der Waals surface area contributed by atoms with Crippen LogP contribution in [0.4, 0.5) is 5.00 Å². The first-order valence-electron chi connectivity index (χ1n) is 6.85. The van der Waals surface area contributed by atoms with Crippen molar-refractivity contribution in [1.82, 2.24) is 0 Å². The molecule has 2 fully saturated rings. The average Bonchev–Trinajstić information content (AvgIpc) is 3.10. The van der Waals surface area contributed by atoms with Gasteiger partial charge in [0, 0.05) is 12.6 Å². The van der Waals surface area contributed by atoms with Gasteiger partial charge < -0.3 is 10.0 Å². The summed E-state index contributed by atoms with van der Waals surface area (Å²) >= 11 is 1.43. The lowest BCUT2D eigenvalue weighted by Gasteiger charge is -2.30. The van der Waals surface area contributed by atoms with E-state index < -0.39 is 5.97 Å². The van der Waals surface area contributed by atoms with Crippen molar-refractivity contribution in [2.24, 2.45) is 5.92 Å². The number of carboxylic acids is 1. The summed E-state index contributed by atoms with van der Waals surface area (Å²) in [6.45, 7) is 1.10. The van der Waals surface area contributed by atoms with Gasteiger partial charge in [-0.25, -0.2) is 4.79 Å². The summed E-state index contributed by atoms with van der Waals surface area (Å²) in [6.07, 6.45) is 8.00. The van der Waals surface area contributed by atoms with Crippen molar-refractivity contribution >= 4 is 22.3 Å². The maximum absolute atomic E-state index is 11.0. The summed E-state index contributed by atoms with van der Waals surface area (Å²) in [6, 6.07) is 4.39. The minimum absolute atomic E-state index is 0.460. The first-order chi connectivity index (χ1) is 8.75. The summed E-state index contributed by atoms with van der Waals surface area (Å²) in [5, 5.41) is 10.2. The monoisotopic (exact) mass is 265 g/mol. The number of thiophene rings is 1. The standard InChI is InChI=1S/C14H19NO2S/c16-14(17)12-7-8-13(18-12)15-9-3-6-11(15)10-4-1-2-5-10/h7-8,10-11H,1-6,9H2,(H,16,17). The van der Waals surface area contributed by atoms with Gasteiger partial charge in [-0.2, -0.15) is 0 Å². The third-order valence-electron chi connectivity index (χ3n) is 4.33. The van der Waals surface area contributed by atoms with Crippen LogP contribution in [0.2, 0.25) is 0 Å². The summed E-state index contributed by atoms with van der Waals surface area (Å²) in [5.74, 6) is 0.0331. The van der Waals surface area contributed by atoms with Gasteiger partial charge in [0.25, 0.3) is 0 Å². The van der Waals surface area contributed by atoms with E-state index in [1.807, 2.05) is 6.07 Å². The number of carbonyl (C=O) groups is 1. The predicted octanol–water partition coefficient (Wildman–Crippen LogP) is 3.61. The van der Waals surface area contributed by atoms with Crippen molar-refractivity contribution in [3.05, 3.63) is 17.0 Å². The molecule has 1 aliphatic carbocycles. The maximum Gasteiger partial charge on any atom is 0.345 e. The summed E-state index contributed by atoms with van der Waals surface area (Å²) < 4.78 is 0. The van der Waals surface area contributed by atoms with E-state index in [9.17, 15) is 4.79 Å². The fraction of sp³-hybridized carbons (Fsp3) is 0.643. The molecule has 1 aromatic heterocycles. The third-order valence-corrected chi connectivity index (χ3v) is 5.44. The fourth-order valence-electron chi connectivity index (χ4n) is 3.50. The number of aromatic carboxylic acids is 1. The van der Waals surface area contributed by atoms with Crippen LogP contribution in [-0.4, -0.2) is 23.7 Å². The second-order valence-electron chi connectivity index (χ2n) is 5.39. The zero-order valence-corrected chi connectivity index (χ0v) is 11.3. The van der Waals surface area contributed by atoms with E-state index in [-0.39, 0.29) is 0 Å². The van der Waals surface area contributed by atoms with Crippen LogP contribution in [0.15, 0.2) is 12.1 Å². The quantitative estimate of drug-likeness (QED) is 0.907. The van der Waals surface area contributed by atoms with Gasteiger partial charge in [0.15, 0.2) is 0 Å². The minimum Gasteiger partial charge on any atom is -0.477 e. The molecule has 98 valence electrons. The smallest absolute Gasteiger partial charge is 0.345 e. The number of nitrogens with zero attached hydrogens (tertiary/aromatic N) is 1. The Morgan fingerprint density at radius 3 is 2.67 bits per heavy atom. The first kappa shape index (κ1) is 12.0. The molecule has 1 aliphatic heterocycles. The highest BCUT2D eigenvalue weighted by atomic mass is 32.1. The van der Waals surface area contributed by atoms with Gasteiger partial charge in [0.1, 0.15) is 4.88 Å². The molecule has 0 amide bonds. The molecule has 18 heavy (non-hydrogen) atoms. The third kappa shape index (κ3) is 2.14. The second kappa shape index (κ2) is 4.92. The van der Waals surface area contributed by atoms with Crippen LogP contribution >= 0.6 is 11.3 Å². The molecule has 3 nitrogen and oxygen atoms in total. The van der Waals surface area contributed by atoms with Crippen LogP contribution in [0.3, 0.4) is 0 Å². The van der Waals surface area contributed by atoms with E-state index in [1.165, 1.54) is 49.9 Å². The summed E-state index contributed by atoms with van der Waals surface area (Å²) in [4.78, 5) is 13.9. The number of hydrogen-bond acceptors (Lipinski definition) is 3. The van der Waals surface area contributed by atoms with Gasteiger partial charge >= 0.3 is 5.97 Å². The van der Waals surface area contributed by atoms with E-state index in [4.69, 9.17) is 5.11 Å². The Labute approximate surface area is 111 Å². The molecule has 2 heterocycles. The van der Waals surface area contributed by atoms with Crippen molar-refractivity contribution in [2.75, 3.05) is 11.4 Å². The van der Waals surface area contributed by atoms with Crippen LogP contribution < -0.4 is 4.90 Å². The highest BCUT2D eigenvalue weighted by molar-refractivity contribution is 7.17. The highest BCUT2D eigenvalue weighted by Crippen LogP contribution is 2.39. The molecule has 0 spiro atoms. The van der Waals surface area contributed by atoms with Gasteiger partial charge in [-0.05, 0) is 43.7 Å². The van der Waals surface area contributed by atoms with Gasteiger partial charge in [0.2, 0.25) is 0 Å². The van der Waals surface area contributed by atoms with Crippen molar-refractivity contribution in [3.8, 4) is 0 Å². The molecule has 1 aromatic rings. The van der Waals surface area contributed by atoms with Crippen molar-refractivity contribution in [2.45, 2.75) is 44.6 Å². The first-order valence-corrected chi connectivity index (χ1v) is 7.67. The number of carboxylic acid groups (broad SMARTS) is 1. The summed E-state index contributed by atoms with van der Waals surface area (Å²) in [5.41, 5.74) is 0. The Balaban J connectivity index is 1.78. The van der Waals surface area contributed by atoms with E-state index in [0.717, 1.165) is 17.5 Å². The molecule has 1 unspecified atom stereocenters. The van der Waals surface area contributed by atoms with Crippen LogP contribution in [0.1, 0.15) is 48.2 Å². The Kier molecular flexibility index (Phi) is 3.29. The minimum atomic E-state index is -0.803. The van der Waals surface area contributed by atoms with Crippen molar-refractivity contribution < 1.29 is 9.90 Å². The molecule has 1 saturated carbocycles. The van der Waals surface area contributed by atoms with Crippen LogP contribution in [0.25, 0.3) is 0 Å². The van der Waals surface area contributed by atoms with Crippen LogP contribution in [0.5, 0.6) is 0 Å². The van der Waals surface area contributed by atoms with Crippen LogP contribution in [0, 0.1) is 5.92 Å². The Hall–Kier alpha value is -1.03. The topological polar surface area (TPSA) is 40.5 Å². The van der Waals surface area contributed by atoms with E-state index in [1.54, 1.807) is 6.07 Å². The molecule has 2 aliphatic rings. The average molecular weight is 265 g/mol. The Bertz CT molecular complexity index is 437. The normalized spacial score (nSPS) is 24.9. The largest absolute Gasteiger partial charge is 0.477 e. The van der Waals surface area contributed by atoms with Crippen LogP contribution in [-0.2, 0) is 0 Å². The molecule has 4 heteroatoms. The lowest BCUT2D eigenvalue weighted by atomic mass is 9.96. The molecule has 3 rings (SSSR count). The zero-order valence-electron chi connectivity index (χ0n) is 10.5. The zero-order chi connectivity index (χ0) is 12.5. The van der Waals surface area contributed by atoms with Crippen molar-refractivity contribution in [1.29, 1.82) is 0 Å². The highest BCUT2D eigenvalue weighted by Gasteiger charge is 2.34. The molecule has 1 saturated heterocycles. The predicted molar refractivity (Wildman–Crippen MR) is 73.6 cm³/mol. The molecular weight excluding hydrogens is 246 g/mol. The number of rotatable bonds is 3. The van der Waals surface area contributed by atoms with Gasteiger partial charge in [-0.15, -0.1) is 11.3 Å². The summed E-state index contributed by atoms with van der Waals surface area (Å²) in [7, 11) is 0. The SMILES string of the molecule is O=C(O)c1ccc(N2CCCC2C2CCCC2)s1. The second-order valence-corrected chi connectivity index (χ2v) is 6.45. The van der Waals surface area contributed by atoms with E-state index in [0.29, 0.717) is 10.9 Å². The fourth-order valence-corrected chi connectivity index (χ4v) is 4.42. The molecule has 1 N–H and O–H groups in total. The van der Waals surface area contributed by atoms with Gasteiger partial charge in [-0.3, -0.25) is 0 Å². The van der Waals surface area contributed by atoms with Gasteiger partial charge in [-0.1, -0.05) is 12.8 Å². The van der Waals surface area contributed by atoms with E-state index >= 15 is 0 Å². The number of hydrogen-bond donors (Lipinski definition) is 1. The van der Waals surface area contributed by atoms with Gasteiger partial charge in [0.05, 0.1) is 5.00 Å². The number of anilines is 1.